The van der Waals surface area contributed by atoms with Crippen molar-refractivity contribution in [2.24, 2.45) is 0 Å². The van der Waals surface area contributed by atoms with Crippen molar-refractivity contribution in [2.45, 2.75) is 9.99 Å². The molecule has 0 saturated carbocycles. The molecule has 2 aromatic rings. The summed E-state index contributed by atoms with van der Waals surface area (Å²) < 4.78 is 34.2. The number of furan rings is 1. The van der Waals surface area contributed by atoms with Gasteiger partial charge in [0.2, 0.25) is 14.9 Å². The highest BCUT2D eigenvalue weighted by atomic mass is 35.5. The van der Waals surface area contributed by atoms with E-state index in [1.165, 1.54) is 25.3 Å². The molecular weight excluding hydrogens is 320 g/mol. The Hall–Kier alpha value is -2.12. The zero-order valence-corrected chi connectivity index (χ0v) is 12.3. The number of halogens is 1. The number of carbonyl (C=O) groups excluding carboxylic acids is 2. The van der Waals surface area contributed by atoms with Gasteiger partial charge in [-0.3, -0.25) is 4.79 Å². The van der Waals surface area contributed by atoms with Crippen LogP contribution in [0.1, 0.15) is 20.9 Å². The third-order valence-electron chi connectivity index (χ3n) is 2.62. The van der Waals surface area contributed by atoms with Gasteiger partial charge in [0, 0.05) is 0 Å². The van der Waals surface area contributed by atoms with E-state index in [0.29, 0.717) is 6.29 Å². The monoisotopic (exact) mass is 328 g/mol. The third kappa shape index (κ3) is 2.84. The first-order valence-electron chi connectivity index (χ1n) is 5.58. The molecule has 0 fully saturated rings. The van der Waals surface area contributed by atoms with Crippen LogP contribution in [0, 0.1) is 0 Å². The number of ether oxygens (including phenoxy) is 1. The lowest BCUT2D eigenvalue weighted by molar-refractivity contribution is 0.0600. The summed E-state index contributed by atoms with van der Waals surface area (Å²) in [5.74, 6) is -0.829. The maximum absolute atomic E-state index is 12.4. The van der Waals surface area contributed by atoms with Gasteiger partial charge in [-0.15, -0.1) is 0 Å². The summed E-state index contributed by atoms with van der Waals surface area (Å²) in [5.41, 5.74) is 0.0302. The molecular formula is C13H9ClO6S. The van der Waals surface area contributed by atoms with E-state index in [4.69, 9.17) is 16.0 Å². The van der Waals surface area contributed by atoms with Crippen molar-refractivity contribution >= 4 is 33.7 Å². The molecule has 0 bridgehead atoms. The molecule has 1 heterocycles. The normalized spacial score (nSPS) is 11.1. The van der Waals surface area contributed by atoms with Gasteiger partial charge in [-0.1, -0.05) is 11.6 Å². The number of rotatable bonds is 4. The Kier molecular flexibility index (Phi) is 4.15. The van der Waals surface area contributed by atoms with E-state index in [1.807, 2.05) is 0 Å². The Morgan fingerprint density at radius 2 is 2.00 bits per heavy atom. The quantitative estimate of drug-likeness (QED) is 0.632. The summed E-state index contributed by atoms with van der Waals surface area (Å²) in [7, 11) is -2.91. The average Bonchev–Trinajstić information content (AvgIpc) is 2.96. The summed E-state index contributed by atoms with van der Waals surface area (Å²) in [4.78, 5) is 21.7. The molecule has 8 heteroatoms. The first kappa shape index (κ1) is 15.3. The van der Waals surface area contributed by atoms with Crippen LogP contribution in [0.4, 0.5) is 0 Å². The van der Waals surface area contributed by atoms with Crippen molar-refractivity contribution in [1.29, 1.82) is 0 Å². The predicted molar refractivity (Wildman–Crippen MR) is 72.3 cm³/mol. The Morgan fingerprint density at radius 1 is 1.29 bits per heavy atom. The minimum atomic E-state index is -4.09. The molecule has 21 heavy (non-hydrogen) atoms. The Bertz CT molecular complexity index is 806. The number of aldehydes is 1. The molecule has 110 valence electrons. The van der Waals surface area contributed by atoms with Crippen molar-refractivity contribution in [3.05, 3.63) is 46.7 Å². The Balaban J connectivity index is 2.58. The fraction of sp³-hybridized carbons (Fsp3) is 0.0769. The lowest BCUT2D eigenvalue weighted by atomic mass is 10.2. The molecule has 1 aromatic carbocycles. The highest BCUT2D eigenvalue weighted by molar-refractivity contribution is 7.91. The number of methoxy groups -OCH3 is 1. The average molecular weight is 329 g/mol. The summed E-state index contributed by atoms with van der Waals surface area (Å²) in [6, 6.07) is 6.06. The maximum atomic E-state index is 12.4. The first-order valence-corrected chi connectivity index (χ1v) is 7.44. The molecule has 1 aromatic heterocycles. The Labute approximate surface area is 125 Å². The molecule has 0 amide bonds. The van der Waals surface area contributed by atoms with Gasteiger partial charge in [-0.05, 0) is 30.3 Å². The van der Waals surface area contributed by atoms with Crippen LogP contribution in [0.2, 0.25) is 5.02 Å². The van der Waals surface area contributed by atoms with Crippen LogP contribution >= 0.6 is 11.6 Å². The molecule has 0 aliphatic carbocycles. The maximum Gasteiger partial charge on any atom is 0.337 e. The van der Waals surface area contributed by atoms with Crippen LogP contribution in [0.3, 0.4) is 0 Å². The van der Waals surface area contributed by atoms with E-state index in [0.717, 1.165) is 12.1 Å². The molecule has 2 rings (SSSR count). The smallest absolute Gasteiger partial charge is 0.337 e. The number of benzene rings is 1. The number of sulfone groups is 1. The van der Waals surface area contributed by atoms with Crippen LogP contribution < -0.4 is 0 Å². The summed E-state index contributed by atoms with van der Waals surface area (Å²) in [6.07, 6.45) is 0.380. The fourth-order valence-corrected chi connectivity index (χ4v) is 3.30. The van der Waals surface area contributed by atoms with Gasteiger partial charge >= 0.3 is 5.97 Å². The first-order chi connectivity index (χ1) is 9.90. The number of hydrogen-bond acceptors (Lipinski definition) is 6. The second-order valence-corrected chi connectivity index (χ2v) is 6.17. The van der Waals surface area contributed by atoms with Gasteiger partial charge in [0.05, 0.1) is 22.6 Å². The largest absolute Gasteiger partial charge is 0.465 e. The summed E-state index contributed by atoms with van der Waals surface area (Å²) in [5, 5.41) is -0.514. The van der Waals surface area contributed by atoms with E-state index in [9.17, 15) is 18.0 Å². The van der Waals surface area contributed by atoms with Crippen LogP contribution in [0.5, 0.6) is 0 Å². The third-order valence-corrected chi connectivity index (χ3v) is 4.73. The van der Waals surface area contributed by atoms with Crippen LogP contribution in [0.15, 0.2) is 44.7 Å². The van der Waals surface area contributed by atoms with E-state index < -0.39 is 20.9 Å². The van der Waals surface area contributed by atoms with E-state index in [2.05, 4.69) is 4.74 Å². The second kappa shape index (κ2) is 5.71. The van der Waals surface area contributed by atoms with Crippen LogP contribution in [0.25, 0.3) is 0 Å². The number of hydrogen-bond donors (Lipinski definition) is 0. The van der Waals surface area contributed by atoms with Crippen molar-refractivity contribution in [3.8, 4) is 0 Å². The molecule has 0 N–H and O–H groups in total. The molecule has 0 spiro atoms. The lowest BCUT2D eigenvalue weighted by Gasteiger charge is -2.06. The summed E-state index contributed by atoms with van der Waals surface area (Å²) in [6.45, 7) is 0. The Morgan fingerprint density at radius 3 is 2.57 bits per heavy atom. The summed E-state index contributed by atoms with van der Waals surface area (Å²) >= 11 is 5.88. The van der Waals surface area contributed by atoms with Crippen LogP contribution in [-0.4, -0.2) is 27.8 Å². The molecule has 0 saturated heterocycles. The van der Waals surface area contributed by atoms with Crippen molar-refractivity contribution in [1.82, 2.24) is 0 Å². The standard InChI is InChI=1S/C13H9ClO6S/c1-19-13(16)8-2-4-10(14)11(6-8)21(17,18)12-5-3-9(7-15)20-12/h2-7H,1H3. The van der Waals surface area contributed by atoms with Gasteiger partial charge in [0.1, 0.15) is 0 Å². The second-order valence-electron chi connectivity index (χ2n) is 3.91. The zero-order valence-electron chi connectivity index (χ0n) is 10.7. The SMILES string of the molecule is COC(=O)c1ccc(Cl)c(S(=O)(=O)c2ccc(C=O)o2)c1. The molecule has 0 atom stereocenters. The molecule has 0 radical (unpaired) electrons. The lowest BCUT2D eigenvalue weighted by Crippen LogP contribution is -2.06. The van der Waals surface area contributed by atoms with Gasteiger partial charge < -0.3 is 9.15 Å². The van der Waals surface area contributed by atoms with Crippen LogP contribution in [-0.2, 0) is 14.6 Å². The minimum Gasteiger partial charge on any atom is -0.465 e. The van der Waals surface area contributed by atoms with Gasteiger partial charge in [-0.2, -0.15) is 0 Å². The van der Waals surface area contributed by atoms with Crippen molar-refractivity contribution in [3.63, 3.8) is 0 Å². The number of carbonyl (C=O) groups is 2. The molecule has 0 aliphatic heterocycles. The van der Waals surface area contributed by atoms with Crippen molar-refractivity contribution < 1.29 is 27.2 Å². The highest BCUT2D eigenvalue weighted by Crippen LogP contribution is 2.29. The van der Waals surface area contributed by atoms with Crippen molar-refractivity contribution in [2.75, 3.05) is 7.11 Å². The van der Waals surface area contributed by atoms with Gasteiger partial charge in [0.15, 0.2) is 12.0 Å². The fourth-order valence-electron chi connectivity index (χ4n) is 1.60. The van der Waals surface area contributed by atoms with E-state index in [1.54, 1.807) is 0 Å². The van der Waals surface area contributed by atoms with E-state index in [-0.39, 0.29) is 21.2 Å². The molecule has 6 nitrogen and oxygen atoms in total. The topological polar surface area (TPSA) is 90.7 Å². The molecule has 0 aliphatic rings. The van der Waals surface area contributed by atoms with Gasteiger partial charge in [0.25, 0.3) is 0 Å². The minimum absolute atomic E-state index is 0.0302. The van der Waals surface area contributed by atoms with Gasteiger partial charge in [-0.25, -0.2) is 13.2 Å². The predicted octanol–water partition coefficient (Wildman–Crippen LogP) is 2.36. The zero-order chi connectivity index (χ0) is 15.6. The van der Waals surface area contributed by atoms with E-state index >= 15 is 0 Å². The number of esters is 1. The molecule has 0 unspecified atom stereocenters. The highest BCUT2D eigenvalue weighted by Gasteiger charge is 2.26.